The van der Waals surface area contributed by atoms with Gasteiger partial charge in [0.15, 0.2) is 0 Å². The zero-order valence-electron chi connectivity index (χ0n) is 16.0. The predicted molar refractivity (Wildman–Crippen MR) is 108 cm³/mol. The number of para-hydroxylation sites is 1. The summed E-state index contributed by atoms with van der Waals surface area (Å²) in [6, 6.07) is 14.6. The van der Waals surface area contributed by atoms with Crippen LogP contribution >= 0.6 is 0 Å². The SMILES string of the molecule is COCc1cc(O[Si](C)(C)C(C)(C)C)c2cc3ccccc3nc2c1. The van der Waals surface area contributed by atoms with E-state index in [1.165, 1.54) is 0 Å². The second kappa shape index (κ2) is 6.43. The van der Waals surface area contributed by atoms with Gasteiger partial charge in [-0.3, -0.25) is 0 Å². The third kappa shape index (κ3) is 3.55. The zero-order chi connectivity index (χ0) is 18.2. The fourth-order valence-electron chi connectivity index (χ4n) is 2.66. The van der Waals surface area contributed by atoms with Gasteiger partial charge in [0.05, 0.1) is 17.6 Å². The molecule has 132 valence electrons. The molecule has 0 amide bonds. The molecular weight excluding hydrogens is 326 g/mol. The highest BCUT2D eigenvalue weighted by atomic mass is 28.4. The van der Waals surface area contributed by atoms with Gasteiger partial charge >= 0.3 is 0 Å². The fraction of sp³-hybridized carbons (Fsp3) is 0.381. The molecule has 0 unspecified atom stereocenters. The molecule has 0 aliphatic rings. The lowest BCUT2D eigenvalue weighted by atomic mass is 10.1. The molecule has 0 spiro atoms. The first-order chi connectivity index (χ1) is 11.7. The normalized spacial score (nSPS) is 12.7. The molecule has 3 aromatic rings. The van der Waals surface area contributed by atoms with Crippen LogP contribution in [-0.4, -0.2) is 20.4 Å². The van der Waals surface area contributed by atoms with Gasteiger partial charge in [-0.15, -0.1) is 0 Å². The van der Waals surface area contributed by atoms with Crippen molar-refractivity contribution in [3.05, 3.63) is 48.0 Å². The lowest BCUT2D eigenvalue weighted by molar-refractivity contribution is 0.185. The number of nitrogens with zero attached hydrogens (tertiary/aromatic N) is 1. The smallest absolute Gasteiger partial charge is 0.250 e. The first-order valence-electron chi connectivity index (χ1n) is 8.72. The first kappa shape index (κ1) is 17.9. The van der Waals surface area contributed by atoms with E-state index in [1.807, 2.05) is 18.2 Å². The van der Waals surface area contributed by atoms with Crippen LogP contribution in [0.1, 0.15) is 26.3 Å². The number of pyridine rings is 1. The third-order valence-corrected chi connectivity index (χ3v) is 9.48. The molecular formula is C21H27NO2Si. The van der Waals surface area contributed by atoms with E-state index in [9.17, 15) is 0 Å². The molecule has 25 heavy (non-hydrogen) atoms. The van der Waals surface area contributed by atoms with Crippen LogP contribution < -0.4 is 4.43 Å². The van der Waals surface area contributed by atoms with Crippen LogP contribution in [0.15, 0.2) is 42.5 Å². The maximum Gasteiger partial charge on any atom is 0.250 e. The van der Waals surface area contributed by atoms with Gasteiger partial charge in [-0.05, 0) is 48.0 Å². The van der Waals surface area contributed by atoms with Crippen molar-refractivity contribution in [2.45, 2.75) is 45.5 Å². The largest absolute Gasteiger partial charge is 0.543 e. The summed E-state index contributed by atoms with van der Waals surface area (Å²) < 4.78 is 12.0. The lowest BCUT2D eigenvalue weighted by Crippen LogP contribution is -2.43. The summed E-state index contributed by atoms with van der Waals surface area (Å²) in [5.41, 5.74) is 3.05. The molecule has 0 radical (unpaired) electrons. The van der Waals surface area contributed by atoms with Crippen LogP contribution in [0.4, 0.5) is 0 Å². The van der Waals surface area contributed by atoms with Gasteiger partial charge in [-0.25, -0.2) is 4.98 Å². The Morgan fingerprint density at radius 2 is 1.72 bits per heavy atom. The van der Waals surface area contributed by atoms with Crippen LogP contribution in [-0.2, 0) is 11.3 Å². The minimum Gasteiger partial charge on any atom is -0.543 e. The van der Waals surface area contributed by atoms with Gasteiger partial charge in [0.1, 0.15) is 5.75 Å². The molecule has 0 saturated heterocycles. The highest BCUT2D eigenvalue weighted by Crippen LogP contribution is 2.40. The topological polar surface area (TPSA) is 31.4 Å². The fourth-order valence-corrected chi connectivity index (χ4v) is 3.69. The Balaban J connectivity index is 2.22. The van der Waals surface area contributed by atoms with Gasteiger partial charge in [0, 0.05) is 17.9 Å². The summed E-state index contributed by atoms with van der Waals surface area (Å²) >= 11 is 0. The summed E-state index contributed by atoms with van der Waals surface area (Å²) in [6.07, 6.45) is 0. The number of rotatable bonds is 4. The van der Waals surface area contributed by atoms with Gasteiger partial charge < -0.3 is 9.16 Å². The van der Waals surface area contributed by atoms with Crippen molar-refractivity contribution in [3.63, 3.8) is 0 Å². The Kier molecular flexibility index (Phi) is 4.60. The standard InChI is InChI=1S/C21H27NO2Si/c1-21(2,3)25(5,6)24-20-12-15(14-23-4)11-19-17(20)13-16-9-7-8-10-18(16)22-19/h7-13H,14H2,1-6H3. The average Bonchev–Trinajstić information content (AvgIpc) is 2.52. The number of fused-ring (bicyclic) bond motifs is 2. The predicted octanol–water partition coefficient (Wildman–Crippen LogP) is 5.92. The molecule has 0 aliphatic heterocycles. The first-order valence-corrected chi connectivity index (χ1v) is 11.6. The summed E-state index contributed by atoms with van der Waals surface area (Å²) in [6.45, 7) is 11.9. The third-order valence-electron chi connectivity index (χ3n) is 5.14. The van der Waals surface area contributed by atoms with Gasteiger partial charge in [-0.2, -0.15) is 0 Å². The highest BCUT2D eigenvalue weighted by molar-refractivity contribution is 6.74. The zero-order valence-corrected chi connectivity index (χ0v) is 17.0. The lowest BCUT2D eigenvalue weighted by Gasteiger charge is -2.36. The van der Waals surface area contributed by atoms with Crippen LogP contribution in [0, 0.1) is 0 Å². The van der Waals surface area contributed by atoms with Gasteiger partial charge in [0.2, 0.25) is 0 Å². The van der Waals surface area contributed by atoms with Gasteiger partial charge in [-0.1, -0.05) is 39.0 Å². The molecule has 0 fully saturated rings. The van der Waals surface area contributed by atoms with Crippen molar-refractivity contribution >= 4 is 30.1 Å². The van der Waals surface area contributed by atoms with Crippen LogP contribution in [0.5, 0.6) is 5.75 Å². The second-order valence-electron chi connectivity index (χ2n) is 8.14. The quantitative estimate of drug-likeness (QED) is 0.431. The summed E-state index contributed by atoms with van der Waals surface area (Å²) in [5, 5.41) is 2.35. The van der Waals surface area contributed by atoms with Crippen molar-refractivity contribution in [2.75, 3.05) is 7.11 Å². The molecule has 3 rings (SSSR count). The minimum absolute atomic E-state index is 0.140. The Morgan fingerprint density at radius 1 is 1.00 bits per heavy atom. The van der Waals surface area contributed by atoms with E-state index in [0.717, 1.165) is 33.1 Å². The summed E-state index contributed by atoms with van der Waals surface area (Å²) in [7, 11) is -0.230. The van der Waals surface area contributed by atoms with E-state index < -0.39 is 8.32 Å². The molecule has 0 aliphatic carbocycles. The van der Waals surface area contributed by atoms with E-state index in [1.54, 1.807) is 7.11 Å². The van der Waals surface area contributed by atoms with E-state index >= 15 is 0 Å². The van der Waals surface area contributed by atoms with E-state index in [0.29, 0.717) is 6.61 Å². The molecule has 2 aromatic carbocycles. The number of hydrogen-bond acceptors (Lipinski definition) is 3. The van der Waals surface area contributed by atoms with Crippen molar-refractivity contribution in [3.8, 4) is 5.75 Å². The molecule has 3 nitrogen and oxygen atoms in total. The van der Waals surface area contributed by atoms with Crippen molar-refractivity contribution in [1.82, 2.24) is 4.98 Å². The Labute approximate surface area is 151 Å². The summed E-state index contributed by atoms with van der Waals surface area (Å²) in [4.78, 5) is 4.85. The monoisotopic (exact) mass is 353 g/mol. The van der Waals surface area contributed by atoms with Crippen molar-refractivity contribution in [2.24, 2.45) is 0 Å². The Bertz CT molecular complexity index is 913. The van der Waals surface area contributed by atoms with E-state index in [-0.39, 0.29) is 5.04 Å². The van der Waals surface area contributed by atoms with E-state index in [4.69, 9.17) is 14.1 Å². The molecule has 0 N–H and O–H groups in total. The molecule has 1 aromatic heterocycles. The van der Waals surface area contributed by atoms with Crippen molar-refractivity contribution in [1.29, 1.82) is 0 Å². The maximum atomic E-state index is 6.66. The molecule has 0 atom stereocenters. The molecule has 1 heterocycles. The maximum absolute atomic E-state index is 6.66. The number of aromatic nitrogens is 1. The summed E-state index contributed by atoms with van der Waals surface area (Å²) in [5.74, 6) is 0.925. The van der Waals surface area contributed by atoms with Gasteiger partial charge in [0.25, 0.3) is 8.32 Å². The number of benzene rings is 2. The molecule has 0 bridgehead atoms. The highest BCUT2D eigenvalue weighted by Gasteiger charge is 2.39. The Morgan fingerprint density at radius 3 is 2.40 bits per heavy atom. The average molecular weight is 354 g/mol. The van der Waals surface area contributed by atoms with Crippen LogP contribution in [0.3, 0.4) is 0 Å². The number of hydrogen-bond donors (Lipinski definition) is 0. The minimum atomic E-state index is -1.94. The van der Waals surface area contributed by atoms with E-state index in [2.05, 4.69) is 58.1 Å². The Hall–Kier alpha value is -1.91. The van der Waals surface area contributed by atoms with Crippen LogP contribution in [0.2, 0.25) is 18.1 Å². The number of methoxy groups -OCH3 is 1. The molecule has 0 saturated carbocycles. The van der Waals surface area contributed by atoms with Crippen LogP contribution in [0.25, 0.3) is 21.8 Å². The molecule has 4 heteroatoms. The second-order valence-corrected chi connectivity index (χ2v) is 12.9. The number of ether oxygens (including phenoxy) is 1. The van der Waals surface area contributed by atoms with Crippen molar-refractivity contribution < 1.29 is 9.16 Å².